The predicted octanol–water partition coefficient (Wildman–Crippen LogP) is 6.28. The van der Waals surface area contributed by atoms with Crippen molar-refractivity contribution in [3.63, 3.8) is 0 Å². The number of nitrogen functional groups attached to an aromatic ring is 1. The molecule has 1 aromatic carbocycles. The van der Waals surface area contributed by atoms with Crippen LogP contribution in [-0.2, 0) is 17.9 Å². The first-order chi connectivity index (χ1) is 14.5. The molecule has 2 aromatic heterocycles. The maximum Gasteiger partial charge on any atom is 0.152 e. The van der Waals surface area contributed by atoms with Crippen molar-refractivity contribution in [1.29, 1.82) is 0 Å². The summed E-state index contributed by atoms with van der Waals surface area (Å²) >= 11 is 1.65. The van der Waals surface area contributed by atoms with Crippen LogP contribution >= 0.6 is 11.8 Å². The predicted molar refractivity (Wildman–Crippen MR) is 133 cm³/mol. The van der Waals surface area contributed by atoms with Crippen LogP contribution in [0.15, 0.2) is 36.3 Å². The first-order valence-electron chi connectivity index (χ1n) is 10.5. The average molecular weight is 427 g/mol. The Balaban J connectivity index is 0.00000155. The van der Waals surface area contributed by atoms with Gasteiger partial charge in [0.05, 0.1) is 11.0 Å². The standard InChI is InChI=1S/C22H28N4OS.C2H6/c1-6-15(13-28-5)16-8-9-17-18(10-16)24-22(23)20-21(17)26(11-14(3)4)19(25-20)12-27-7-2;1-2/h6,8-10,13-14H,1,7,11-12H2,2-5H3,(H2,23,24);1-2H3/b15-13+;. The molecule has 6 heteroatoms. The molecule has 0 amide bonds. The number of allylic oxidation sites excluding steroid dienone is 2. The molecule has 3 rings (SSSR count). The number of fused-ring (bicyclic) bond motifs is 3. The molecule has 0 saturated carbocycles. The fourth-order valence-electron chi connectivity index (χ4n) is 3.36. The highest BCUT2D eigenvalue weighted by atomic mass is 32.2. The van der Waals surface area contributed by atoms with Gasteiger partial charge in [-0.1, -0.05) is 52.5 Å². The van der Waals surface area contributed by atoms with E-state index in [0.29, 0.717) is 24.9 Å². The summed E-state index contributed by atoms with van der Waals surface area (Å²) in [6, 6.07) is 6.29. The highest BCUT2D eigenvalue weighted by molar-refractivity contribution is 8.01. The molecule has 3 aromatic rings. The van der Waals surface area contributed by atoms with Crippen LogP contribution in [0.5, 0.6) is 0 Å². The summed E-state index contributed by atoms with van der Waals surface area (Å²) < 4.78 is 7.89. The van der Waals surface area contributed by atoms with Gasteiger partial charge in [-0.05, 0) is 41.7 Å². The van der Waals surface area contributed by atoms with Gasteiger partial charge < -0.3 is 15.0 Å². The van der Waals surface area contributed by atoms with Crippen molar-refractivity contribution in [3.8, 4) is 0 Å². The number of ether oxygens (including phenoxy) is 1. The van der Waals surface area contributed by atoms with Crippen molar-refractivity contribution >= 4 is 45.1 Å². The minimum absolute atomic E-state index is 0.453. The van der Waals surface area contributed by atoms with Crippen molar-refractivity contribution in [2.24, 2.45) is 5.92 Å². The van der Waals surface area contributed by atoms with Gasteiger partial charge in [0.2, 0.25) is 0 Å². The maximum absolute atomic E-state index is 6.31. The van der Waals surface area contributed by atoms with Crippen LogP contribution in [0.3, 0.4) is 0 Å². The zero-order valence-electron chi connectivity index (χ0n) is 19.0. The summed E-state index contributed by atoms with van der Waals surface area (Å²) in [7, 11) is 0. The van der Waals surface area contributed by atoms with Gasteiger partial charge in [0.25, 0.3) is 0 Å². The van der Waals surface area contributed by atoms with Crippen LogP contribution in [0.1, 0.15) is 46.0 Å². The van der Waals surface area contributed by atoms with Gasteiger partial charge in [0.15, 0.2) is 5.82 Å². The number of nitrogens with zero attached hydrogens (tertiary/aromatic N) is 3. The highest BCUT2D eigenvalue weighted by Gasteiger charge is 2.18. The van der Waals surface area contributed by atoms with E-state index in [4.69, 9.17) is 15.5 Å². The van der Waals surface area contributed by atoms with E-state index in [0.717, 1.165) is 45.4 Å². The molecule has 5 nitrogen and oxygen atoms in total. The molecule has 0 bridgehead atoms. The Hall–Kier alpha value is -2.31. The number of aromatic nitrogens is 3. The van der Waals surface area contributed by atoms with E-state index in [1.54, 1.807) is 11.8 Å². The number of benzene rings is 1. The number of nitrogens with two attached hydrogens (primary N) is 1. The SMILES string of the molecule is C=C/C(=C\SC)c1ccc2c(c1)nc(N)c1nc(COCC)n(CC(C)C)c12.CC. The van der Waals surface area contributed by atoms with Crippen molar-refractivity contribution in [2.75, 3.05) is 18.6 Å². The lowest BCUT2D eigenvalue weighted by molar-refractivity contribution is 0.125. The Morgan fingerprint density at radius 3 is 2.63 bits per heavy atom. The maximum atomic E-state index is 6.31. The third-order valence-electron chi connectivity index (χ3n) is 4.56. The molecular weight excluding hydrogens is 392 g/mol. The number of hydrogen-bond donors (Lipinski definition) is 1. The van der Waals surface area contributed by atoms with Crippen LogP contribution in [0.25, 0.3) is 27.5 Å². The molecule has 0 saturated heterocycles. The van der Waals surface area contributed by atoms with Gasteiger partial charge >= 0.3 is 0 Å². The molecule has 0 aliphatic heterocycles. The normalized spacial score (nSPS) is 11.8. The van der Waals surface area contributed by atoms with E-state index < -0.39 is 0 Å². The number of anilines is 1. The number of pyridine rings is 1. The second-order valence-corrected chi connectivity index (χ2v) is 7.82. The van der Waals surface area contributed by atoms with Crippen molar-refractivity contribution in [2.45, 2.75) is 47.8 Å². The fraction of sp³-hybridized carbons (Fsp3) is 0.417. The monoisotopic (exact) mass is 426 g/mol. The van der Waals surface area contributed by atoms with E-state index in [-0.39, 0.29) is 0 Å². The lowest BCUT2D eigenvalue weighted by Crippen LogP contribution is -2.10. The van der Waals surface area contributed by atoms with Crippen molar-refractivity contribution in [3.05, 3.63) is 47.6 Å². The topological polar surface area (TPSA) is 66.0 Å². The van der Waals surface area contributed by atoms with Gasteiger partial charge in [-0.2, -0.15) is 0 Å². The molecule has 0 radical (unpaired) electrons. The number of rotatable bonds is 8. The number of hydrogen-bond acceptors (Lipinski definition) is 5. The van der Waals surface area contributed by atoms with Gasteiger partial charge in [0, 0.05) is 18.5 Å². The van der Waals surface area contributed by atoms with Crippen molar-refractivity contribution in [1.82, 2.24) is 14.5 Å². The van der Waals surface area contributed by atoms with Crippen LogP contribution in [-0.4, -0.2) is 27.4 Å². The minimum Gasteiger partial charge on any atom is -0.382 e. The molecule has 2 heterocycles. The Labute approximate surface area is 184 Å². The van der Waals surface area contributed by atoms with Crippen LogP contribution in [0.2, 0.25) is 0 Å². The Morgan fingerprint density at radius 2 is 2.03 bits per heavy atom. The summed E-state index contributed by atoms with van der Waals surface area (Å²) in [5.41, 5.74) is 11.1. The Bertz CT molecular complexity index is 1040. The van der Waals surface area contributed by atoms with E-state index in [1.165, 1.54) is 0 Å². The zero-order valence-corrected chi connectivity index (χ0v) is 19.8. The molecule has 0 fully saturated rings. The summed E-state index contributed by atoms with van der Waals surface area (Å²) in [5, 5.41) is 3.13. The van der Waals surface area contributed by atoms with E-state index in [9.17, 15) is 0 Å². The largest absolute Gasteiger partial charge is 0.382 e. The molecule has 0 aliphatic carbocycles. The molecule has 30 heavy (non-hydrogen) atoms. The summed E-state index contributed by atoms with van der Waals surface area (Å²) in [6.45, 7) is 16.3. The van der Waals surface area contributed by atoms with Gasteiger partial charge in [-0.15, -0.1) is 11.8 Å². The molecule has 0 unspecified atom stereocenters. The van der Waals surface area contributed by atoms with Gasteiger partial charge in [-0.3, -0.25) is 0 Å². The van der Waals surface area contributed by atoms with E-state index in [2.05, 4.69) is 53.6 Å². The van der Waals surface area contributed by atoms with E-state index in [1.807, 2.05) is 33.1 Å². The second-order valence-electron chi connectivity index (χ2n) is 7.11. The number of thioether (sulfide) groups is 1. The first kappa shape index (κ1) is 24.0. The summed E-state index contributed by atoms with van der Waals surface area (Å²) in [6.07, 6.45) is 3.90. The third kappa shape index (κ3) is 5.05. The number of imidazole rings is 1. The smallest absolute Gasteiger partial charge is 0.152 e. The molecular formula is C24H34N4OS. The lowest BCUT2D eigenvalue weighted by atomic mass is 10.0. The summed E-state index contributed by atoms with van der Waals surface area (Å²) in [4.78, 5) is 9.42. The van der Waals surface area contributed by atoms with Crippen LogP contribution in [0, 0.1) is 5.92 Å². The fourth-order valence-corrected chi connectivity index (χ4v) is 3.85. The lowest BCUT2D eigenvalue weighted by Gasteiger charge is -2.13. The first-order valence-corrected chi connectivity index (χ1v) is 11.8. The Kier molecular flexibility index (Phi) is 8.93. The quantitative estimate of drug-likeness (QED) is 0.430. The Morgan fingerprint density at radius 1 is 1.30 bits per heavy atom. The average Bonchev–Trinajstić information content (AvgIpc) is 3.10. The second kappa shape index (κ2) is 11.2. The molecule has 0 spiro atoms. The molecule has 0 aliphatic rings. The molecule has 162 valence electrons. The molecule has 2 N–H and O–H groups in total. The summed E-state index contributed by atoms with van der Waals surface area (Å²) in [5.74, 6) is 1.82. The van der Waals surface area contributed by atoms with Gasteiger partial charge in [-0.25, -0.2) is 9.97 Å². The highest BCUT2D eigenvalue weighted by Crippen LogP contribution is 2.32. The van der Waals surface area contributed by atoms with Gasteiger partial charge in [0.1, 0.15) is 17.9 Å². The molecule has 0 atom stereocenters. The van der Waals surface area contributed by atoms with Crippen LogP contribution in [0.4, 0.5) is 5.82 Å². The van der Waals surface area contributed by atoms with Crippen molar-refractivity contribution < 1.29 is 4.74 Å². The van der Waals surface area contributed by atoms with E-state index >= 15 is 0 Å². The van der Waals surface area contributed by atoms with Crippen LogP contribution < -0.4 is 5.73 Å². The minimum atomic E-state index is 0.453. The third-order valence-corrected chi connectivity index (χ3v) is 5.05. The zero-order chi connectivity index (χ0) is 22.3.